The van der Waals surface area contributed by atoms with Crippen LogP contribution in [0.4, 0.5) is 0 Å². The summed E-state index contributed by atoms with van der Waals surface area (Å²) >= 11 is 0. The molecule has 1 aromatic rings. The minimum atomic E-state index is -0.0597. The van der Waals surface area contributed by atoms with Gasteiger partial charge in [0.25, 0.3) is 5.91 Å². The zero-order chi connectivity index (χ0) is 20.2. The first kappa shape index (κ1) is 24.5. The summed E-state index contributed by atoms with van der Waals surface area (Å²) in [6.07, 6.45) is 0. The van der Waals surface area contributed by atoms with Crippen LogP contribution in [0, 0.1) is 5.41 Å². The van der Waals surface area contributed by atoms with Crippen LogP contribution >= 0.6 is 24.0 Å². The average Bonchev–Trinajstić information content (AvgIpc) is 2.61. The maximum atomic E-state index is 11.7. The zero-order valence-corrected chi connectivity index (χ0v) is 20.5. The maximum absolute atomic E-state index is 11.7. The number of nitrogens with zero attached hydrogens (tertiary/aromatic N) is 3. The monoisotopic (exact) mass is 502 g/mol. The van der Waals surface area contributed by atoms with Crippen molar-refractivity contribution in [3.05, 3.63) is 29.8 Å². The fourth-order valence-electron chi connectivity index (χ4n) is 2.97. The van der Waals surface area contributed by atoms with E-state index in [9.17, 15) is 4.79 Å². The van der Waals surface area contributed by atoms with Crippen molar-refractivity contribution < 1.29 is 9.53 Å². The first-order valence-electron chi connectivity index (χ1n) is 9.56. The molecular formula is C21H35IN4O2. The SMILES string of the molecule is CCNC(=NCc1cccc(OCC(=O)N(C)C)c1)N1CC(C)(C)C1(C)C.I. The van der Waals surface area contributed by atoms with E-state index in [1.807, 2.05) is 24.3 Å². The van der Waals surface area contributed by atoms with E-state index in [4.69, 9.17) is 9.73 Å². The van der Waals surface area contributed by atoms with Crippen LogP contribution in [-0.2, 0) is 11.3 Å². The van der Waals surface area contributed by atoms with E-state index in [1.54, 1.807) is 14.1 Å². The number of ether oxygens (including phenoxy) is 1. The molecule has 0 aliphatic carbocycles. The molecule has 0 atom stereocenters. The largest absolute Gasteiger partial charge is 0.484 e. The highest BCUT2D eigenvalue weighted by molar-refractivity contribution is 14.0. The van der Waals surface area contributed by atoms with Crippen LogP contribution in [0.1, 0.15) is 40.2 Å². The summed E-state index contributed by atoms with van der Waals surface area (Å²) in [5.74, 6) is 1.57. The summed E-state index contributed by atoms with van der Waals surface area (Å²) in [5.41, 5.74) is 1.37. The Balaban J connectivity index is 0.00000392. The molecule has 1 fully saturated rings. The minimum Gasteiger partial charge on any atom is -0.484 e. The van der Waals surface area contributed by atoms with Crippen LogP contribution in [0.15, 0.2) is 29.3 Å². The summed E-state index contributed by atoms with van der Waals surface area (Å²) in [4.78, 5) is 20.4. The summed E-state index contributed by atoms with van der Waals surface area (Å²) in [6.45, 7) is 13.6. The Morgan fingerprint density at radius 1 is 1.29 bits per heavy atom. The molecule has 1 N–H and O–H groups in total. The molecule has 7 heteroatoms. The first-order chi connectivity index (χ1) is 12.6. The predicted molar refractivity (Wildman–Crippen MR) is 125 cm³/mol. The van der Waals surface area contributed by atoms with Gasteiger partial charge in [-0.25, -0.2) is 4.99 Å². The average molecular weight is 502 g/mol. The first-order valence-corrected chi connectivity index (χ1v) is 9.56. The molecule has 0 spiro atoms. The number of likely N-dealkylation sites (tertiary alicyclic amines) is 1. The molecule has 0 radical (unpaired) electrons. The zero-order valence-electron chi connectivity index (χ0n) is 18.2. The third-order valence-electron chi connectivity index (χ3n) is 5.65. The molecule has 0 saturated carbocycles. The van der Waals surface area contributed by atoms with E-state index in [0.29, 0.717) is 12.3 Å². The Kier molecular flexibility index (Phi) is 8.59. The standard InChI is InChI=1S/C21H34N4O2.HI/c1-8-22-19(25-15-20(2,3)21(25,4)5)23-13-16-10-9-11-17(12-16)27-14-18(26)24(6)7;/h9-12H,8,13-15H2,1-7H3,(H,22,23);1H. The number of halogens is 1. The number of amides is 1. The molecule has 1 aliphatic heterocycles. The molecular weight excluding hydrogens is 467 g/mol. The number of aliphatic imine (C=N–C) groups is 1. The second kappa shape index (κ2) is 9.80. The third kappa shape index (κ3) is 5.52. The number of guanidine groups is 1. The molecule has 0 bridgehead atoms. The van der Waals surface area contributed by atoms with Gasteiger partial charge >= 0.3 is 0 Å². The molecule has 28 heavy (non-hydrogen) atoms. The van der Waals surface area contributed by atoms with Crippen molar-refractivity contribution in [2.24, 2.45) is 10.4 Å². The Hall–Kier alpha value is -1.51. The van der Waals surface area contributed by atoms with Crippen molar-refractivity contribution in [1.82, 2.24) is 15.1 Å². The van der Waals surface area contributed by atoms with Gasteiger partial charge < -0.3 is 19.9 Å². The predicted octanol–water partition coefficient (Wildman–Crippen LogP) is 3.36. The van der Waals surface area contributed by atoms with Crippen molar-refractivity contribution >= 4 is 35.8 Å². The van der Waals surface area contributed by atoms with Gasteiger partial charge in [-0.05, 0) is 38.5 Å². The molecule has 0 unspecified atom stereocenters. The number of hydrogen-bond donors (Lipinski definition) is 1. The molecule has 1 aromatic carbocycles. The second-order valence-electron chi connectivity index (χ2n) is 8.42. The van der Waals surface area contributed by atoms with Crippen LogP contribution in [0.25, 0.3) is 0 Å². The lowest BCUT2D eigenvalue weighted by atomic mass is 9.65. The molecule has 1 heterocycles. The fraction of sp³-hybridized carbons (Fsp3) is 0.619. The number of carbonyl (C=O) groups is 1. The number of likely N-dealkylation sites (N-methyl/N-ethyl adjacent to an activating group) is 1. The number of carbonyl (C=O) groups excluding carboxylic acids is 1. The van der Waals surface area contributed by atoms with Crippen LogP contribution in [-0.4, -0.2) is 61.0 Å². The number of hydrogen-bond acceptors (Lipinski definition) is 3. The highest BCUT2D eigenvalue weighted by atomic mass is 127. The summed E-state index contributed by atoms with van der Waals surface area (Å²) in [7, 11) is 3.44. The van der Waals surface area contributed by atoms with Crippen LogP contribution in [0.3, 0.4) is 0 Å². The van der Waals surface area contributed by atoms with Gasteiger partial charge in [-0.2, -0.15) is 0 Å². The molecule has 2 rings (SSSR count). The van der Waals surface area contributed by atoms with Gasteiger partial charge in [-0.3, -0.25) is 4.79 Å². The molecule has 1 amide bonds. The summed E-state index contributed by atoms with van der Waals surface area (Å²) in [5, 5.41) is 3.41. The van der Waals surface area contributed by atoms with E-state index < -0.39 is 0 Å². The van der Waals surface area contributed by atoms with E-state index in [0.717, 1.165) is 24.6 Å². The van der Waals surface area contributed by atoms with Crippen molar-refractivity contribution in [2.75, 3.05) is 33.8 Å². The Morgan fingerprint density at radius 2 is 1.96 bits per heavy atom. The van der Waals surface area contributed by atoms with Crippen LogP contribution in [0.2, 0.25) is 0 Å². The van der Waals surface area contributed by atoms with Gasteiger partial charge in [0.1, 0.15) is 5.75 Å². The van der Waals surface area contributed by atoms with Gasteiger partial charge in [-0.15, -0.1) is 24.0 Å². The van der Waals surface area contributed by atoms with E-state index in [1.165, 1.54) is 4.90 Å². The van der Waals surface area contributed by atoms with Crippen molar-refractivity contribution in [3.63, 3.8) is 0 Å². The van der Waals surface area contributed by atoms with Crippen molar-refractivity contribution in [3.8, 4) is 5.75 Å². The highest BCUT2D eigenvalue weighted by Gasteiger charge is 2.53. The van der Waals surface area contributed by atoms with Gasteiger partial charge in [0.2, 0.25) is 0 Å². The molecule has 1 aliphatic rings. The fourth-order valence-corrected chi connectivity index (χ4v) is 2.97. The second-order valence-corrected chi connectivity index (χ2v) is 8.42. The highest BCUT2D eigenvalue weighted by Crippen LogP contribution is 2.46. The van der Waals surface area contributed by atoms with Crippen molar-refractivity contribution in [2.45, 2.75) is 46.7 Å². The van der Waals surface area contributed by atoms with Gasteiger partial charge in [0, 0.05) is 38.1 Å². The van der Waals surface area contributed by atoms with E-state index in [-0.39, 0.29) is 47.4 Å². The van der Waals surface area contributed by atoms with Crippen LogP contribution in [0.5, 0.6) is 5.75 Å². The van der Waals surface area contributed by atoms with Gasteiger partial charge in [0.15, 0.2) is 12.6 Å². The Morgan fingerprint density at radius 3 is 2.50 bits per heavy atom. The van der Waals surface area contributed by atoms with Crippen molar-refractivity contribution in [1.29, 1.82) is 0 Å². The quantitative estimate of drug-likeness (QED) is 0.368. The topological polar surface area (TPSA) is 57.2 Å². The summed E-state index contributed by atoms with van der Waals surface area (Å²) in [6, 6.07) is 7.77. The molecule has 1 saturated heterocycles. The number of nitrogens with one attached hydrogen (secondary N) is 1. The Labute approximate surface area is 186 Å². The Bertz CT molecular complexity index is 701. The lowest BCUT2D eigenvalue weighted by Gasteiger charge is -2.62. The molecule has 158 valence electrons. The van der Waals surface area contributed by atoms with Gasteiger partial charge in [-0.1, -0.05) is 26.0 Å². The minimum absolute atomic E-state index is 0. The molecule has 6 nitrogen and oxygen atoms in total. The lowest BCUT2D eigenvalue weighted by molar-refractivity contribution is -0.130. The van der Waals surface area contributed by atoms with E-state index in [2.05, 4.69) is 44.8 Å². The lowest BCUT2D eigenvalue weighted by Crippen LogP contribution is -2.72. The van der Waals surface area contributed by atoms with E-state index >= 15 is 0 Å². The van der Waals surface area contributed by atoms with Gasteiger partial charge in [0.05, 0.1) is 6.54 Å². The number of benzene rings is 1. The number of rotatable bonds is 6. The summed E-state index contributed by atoms with van der Waals surface area (Å²) < 4.78 is 5.60. The maximum Gasteiger partial charge on any atom is 0.259 e. The smallest absolute Gasteiger partial charge is 0.259 e. The van der Waals surface area contributed by atoms with Crippen LogP contribution < -0.4 is 10.1 Å². The molecule has 0 aromatic heterocycles. The normalized spacial score (nSPS) is 17.2. The third-order valence-corrected chi connectivity index (χ3v) is 5.65.